The third-order valence-corrected chi connectivity index (χ3v) is 7.19. The number of piperidine rings is 1. The Balaban J connectivity index is 1.26. The monoisotopic (exact) mass is 550 g/mol. The number of benzene rings is 2. The number of hydrogen-bond acceptors (Lipinski definition) is 6. The molecule has 11 heteroatoms. The number of rotatable bonds is 7. The highest BCUT2D eigenvalue weighted by Gasteiger charge is 2.22. The smallest absolute Gasteiger partial charge is 0.404 e. The van der Waals surface area contributed by atoms with Gasteiger partial charge in [-0.15, -0.1) is 0 Å². The SMILES string of the molecule is Cc1cn(-c2cc(CN3CCCC(NC(=O)O)C3)cc(NC(=O)c3cc(-n4cnc5ccccc54)ccn3)c2)cn1. The van der Waals surface area contributed by atoms with Crippen molar-refractivity contribution in [2.24, 2.45) is 0 Å². The Morgan fingerprint density at radius 2 is 1.90 bits per heavy atom. The van der Waals surface area contributed by atoms with Crippen molar-refractivity contribution in [3.63, 3.8) is 0 Å². The maximum absolute atomic E-state index is 13.4. The van der Waals surface area contributed by atoms with E-state index in [4.69, 9.17) is 5.11 Å². The summed E-state index contributed by atoms with van der Waals surface area (Å²) in [4.78, 5) is 39.9. The first-order valence-corrected chi connectivity index (χ1v) is 13.5. The number of amides is 2. The van der Waals surface area contributed by atoms with E-state index < -0.39 is 6.09 Å². The molecule has 41 heavy (non-hydrogen) atoms. The summed E-state index contributed by atoms with van der Waals surface area (Å²) >= 11 is 0. The van der Waals surface area contributed by atoms with Crippen molar-refractivity contribution in [3.8, 4) is 11.4 Å². The molecule has 5 aromatic rings. The Kier molecular flexibility index (Phi) is 7.17. The van der Waals surface area contributed by atoms with Gasteiger partial charge in [0.05, 0.1) is 28.7 Å². The van der Waals surface area contributed by atoms with Gasteiger partial charge in [-0.2, -0.15) is 0 Å². The van der Waals surface area contributed by atoms with Gasteiger partial charge in [-0.25, -0.2) is 14.8 Å². The summed E-state index contributed by atoms with van der Waals surface area (Å²) in [5.41, 5.74) is 6.25. The van der Waals surface area contributed by atoms with Crippen molar-refractivity contribution in [1.82, 2.24) is 34.3 Å². The first kappa shape index (κ1) is 26.2. The number of aromatic nitrogens is 5. The zero-order chi connectivity index (χ0) is 28.3. The molecular weight excluding hydrogens is 520 g/mol. The van der Waals surface area contributed by atoms with E-state index in [1.54, 1.807) is 24.9 Å². The van der Waals surface area contributed by atoms with Gasteiger partial charge < -0.3 is 20.3 Å². The van der Waals surface area contributed by atoms with Crippen molar-refractivity contribution in [2.75, 3.05) is 18.4 Å². The van der Waals surface area contributed by atoms with Gasteiger partial charge in [0.1, 0.15) is 12.0 Å². The van der Waals surface area contributed by atoms with Crippen LogP contribution in [0.15, 0.2) is 79.6 Å². The van der Waals surface area contributed by atoms with Crippen LogP contribution >= 0.6 is 0 Å². The molecule has 2 amide bonds. The highest BCUT2D eigenvalue weighted by molar-refractivity contribution is 6.03. The molecule has 1 atom stereocenters. The standard InChI is InChI=1S/C30H30N8O3/c1-20-15-37(18-32-20)25-12-21(16-36-10-4-5-22(17-36)35-30(40)41)11-23(13-25)34-29(39)27-14-24(8-9-31-27)38-19-33-26-6-2-3-7-28(26)38/h2-3,6-9,11-15,18-19,22,35H,4-5,10,16-17H2,1H3,(H,34,39)(H,40,41). The van der Waals surface area contributed by atoms with Crippen molar-refractivity contribution >= 4 is 28.7 Å². The molecule has 0 bridgehead atoms. The Labute approximate surface area is 236 Å². The third kappa shape index (κ3) is 5.94. The van der Waals surface area contributed by atoms with Crippen molar-refractivity contribution < 1.29 is 14.7 Å². The number of fused-ring (bicyclic) bond motifs is 1. The summed E-state index contributed by atoms with van der Waals surface area (Å²) < 4.78 is 3.85. The van der Waals surface area contributed by atoms with Gasteiger partial charge in [-0.3, -0.25) is 19.2 Å². The number of aryl methyl sites for hydroxylation is 1. The van der Waals surface area contributed by atoms with Crippen LogP contribution in [0.25, 0.3) is 22.4 Å². The van der Waals surface area contributed by atoms with Gasteiger partial charge in [0.25, 0.3) is 5.91 Å². The van der Waals surface area contributed by atoms with E-state index in [1.165, 1.54) is 0 Å². The van der Waals surface area contributed by atoms with Crippen LogP contribution in [-0.2, 0) is 6.54 Å². The largest absolute Gasteiger partial charge is 0.465 e. The molecule has 1 saturated heterocycles. The summed E-state index contributed by atoms with van der Waals surface area (Å²) in [5, 5.41) is 14.8. The summed E-state index contributed by atoms with van der Waals surface area (Å²) in [6.45, 7) is 4.04. The van der Waals surface area contributed by atoms with Crippen molar-refractivity contribution in [3.05, 3.63) is 96.6 Å². The number of carboxylic acid groups (broad SMARTS) is 1. The Hall–Kier alpha value is -5.03. The van der Waals surface area contributed by atoms with Crippen molar-refractivity contribution in [1.29, 1.82) is 0 Å². The predicted octanol–water partition coefficient (Wildman–Crippen LogP) is 4.40. The normalized spacial score (nSPS) is 15.6. The van der Waals surface area contributed by atoms with E-state index in [9.17, 15) is 9.59 Å². The lowest BCUT2D eigenvalue weighted by molar-refractivity contribution is 0.102. The molecule has 0 saturated carbocycles. The van der Waals surface area contributed by atoms with Crippen molar-refractivity contribution in [2.45, 2.75) is 32.4 Å². The number of carbonyl (C=O) groups is 2. The van der Waals surface area contributed by atoms with Crippen LogP contribution in [0.2, 0.25) is 0 Å². The van der Waals surface area contributed by atoms with E-state index in [1.807, 2.05) is 64.7 Å². The lowest BCUT2D eigenvalue weighted by atomic mass is 10.0. The number of hydrogen-bond donors (Lipinski definition) is 3. The number of likely N-dealkylation sites (tertiary alicyclic amines) is 1. The second kappa shape index (κ2) is 11.2. The first-order valence-electron chi connectivity index (χ1n) is 13.5. The van der Waals surface area contributed by atoms with Gasteiger partial charge >= 0.3 is 6.09 Å². The second-order valence-corrected chi connectivity index (χ2v) is 10.3. The van der Waals surface area contributed by atoms with Crippen LogP contribution < -0.4 is 10.6 Å². The molecule has 4 heterocycles. The first-order chi connectivity index (χ1) is 19.9. The maximum Gasteiger partial charge on any atom is 0.404 e. The third-order valence-electron chi connectivity index (χ3n) is 7.19. The average Bonchev–Trinajstić information content (AvgIpc) is 3.59. The fraction of sp³-hybridized carbons (Fsp3) is 0.233. The Bertz CT molecular complexity index is 1730. The topological polar surface area (TPSA) is 130 Å². The van der Waals surface area contributed by atoms with E-state index in [0.717, 1.165) is 53.1 Å². The minimum absolute atomic E-state index is 0.106. The van der Waals surface area contributed by atoms with Gasteiger partial charge in [-0.05, 0) is 74.3 Å². The van der Waals surface area contributed by atoms with Crippen LogP contribution in [0.3, 0.4) is 0 Å². The number of nitrogens with one attached hydrogen (secondary N) is 2. The van der Waals surface area contributed by atoms with Crippen LogP contribution in [0.1, 0.15) is 34.6 Å². The molecule has 6 rings (SSSR count). The molecule has 1 aliphatic heterocycles. The number of carbonyl (C=O) groups excluding carboxylic acids is 1. The molecule has 0 spiro atoms. The summed E-state index contributed by atoms with van der Waals surface area (Å²) in [6.07, 6.45) is 7.75. The van der Waals surface area contributed by atoms with Crippen LogP contribution in [0, 0.1) is 6.92 Å². The zero-order valence-electron chi connectivity index (χ0n) is 22.6. The van der Waals surface area contributed by atoms with Crippen LogP contribution in [0.5, 0.6) is 0 Å². The van der Waals surface area contributed by atoms with Gasteiger partial charge in [0.15, 0.2) is 0 Å². The highest BCUT2D eigenvalue weighted by Crippen LogP contribution is 2.23. The number of imidazole rings is 2. The molecule has 3 N–H and O–H groups in total. The zero-order valence-corrected chi connectivity index (χ0v) is 22.6. The molecule has 1 aliphatic rings. The van der Waals surface area contributed by atoms with E-state index in [0.29, 0.717) is 18.8 Å². The van der Waals surface area contributed by atoms with E-state index in [-0.39, 0.29) is 17.6 Å². The molecule has 208 valence electrons. The number of para-hydroxylation sites is 2. The maximum atomic E-state index is 13.4. The number of pyridine rings is 1. The minimum Gasteiger partial charge on any atom is -0.465 e. The second-order valence-electron chi connectivity index (χ2n) is 10.3. The molecule has 0 radical (unpaired) electrons. The molecule has 3 aromatic heterocycles. The summed E-state index contributed by atoms with van der Waals surface area (Å²) in [7, 11) is 0. The highest BCUT2D eigenvalue weighted by atomic mass is 16.4. The number of nitrogens with zero attached hydrogens (tertiary/aromatic N) is 6. The molecule has 1 unspecified atom stereocenters. The number of anilines is 1. The molecule has 1 fully saturated rings. The Morgan fingerprint density at radius 3 is 2.73 bits per heavy atom. The fourth-order valence-electron chi connectivity index (χ4n) is 5.35. The lowest BCUT2D eigenvalue weighted by Crippen LogP contribution is -2.46. The van der Waals surface area contributed by atoms with E-state index >= 15 is 0 Å². The lowest BCUT2D eigenvalue weighted by Gasteiger charge is -2.32. The van der Waals surface area contributed by atoms with Gasteiger partial charge in [0.2, 0.25) is 0 Å². The molecule has 11 nitrogen and oxygen atoms in total. The predicted molar refractivity (Wildman–Crippen MR) is 155 cm³/mol. The minimum atomic E-state index is -1.00. The molecular formula is C30H30N8O3. The van der Waals surface area contributed by atoms with Crippen LogP contribution in [0.4, 0.5) is 10.5 Å². The summed E-state index contributed by atoms with van der Waals surface area (Å²) in [6, 6.07) is 17.2. The van der Waals surface area contributed by atoms with Crippen LogP contribution in [-0.4, -0.2) is 65.2 Å². The van der Waals surface area contributed by atoms with E-state index in [2.05, 4.69) is 36.6 Å². The van der Waals surface area contributed by atoms with Gasteiger partial charge in [0, 0.05) is 42.9 Å². The molecule has 0 aliphatic carbocycles. The average molecular weight is 551 g/mol. The quantitative estimate of drug-likeness (QED) is 0.274. The van der Waals surface area contributed by atoms with Gasteiger partial charge in [-0.1, -0.05) is 12.1 Å². The summed E-state index contributed by atoms with van der Waals surface area (Å²) in [5.74, 6) is -0.329. The fourth-order valence-corrected chi connectivity index (χ4v) is 5.35. The Morgan fingerprint density at radius 1 is 1.02 bits per heavy atom. The molecule has 2 aromatic carbocycles.